The van der Waals surface area contributed by atoms with Crippen LogP contribution in [-0.2, 0) is 14.1 Å². The molecule has 0 radical (unpaired) electrons. The van der Waals surface area contributed by atoms with Crippen molar-refractivity contribution in [1.29, 1.82) is 5.53 Å². The number of nitrogens with zero attached hydrogens (tertiary/aromatic N) is 1. The Bertz CT molecular complexity index is 162. The summed E-state index contributed by atoms with van der Waals surface area (Å²) in [7, 11) is 0.618. The highest BCUT2D eigenvalue weighted by atomic mass is 31.1. The molecule has 5 nitrogen and oxygen atoms in total. The predicted octanol–water partition coefficient (Wildman–Crippen LogP) is 1.20. The van der Waals surface area contributed by atoms with Gasteiger partial charge in [-0.15, -0.1) is 0 Å². The van der Waals surface area contributed by atoms with Crippen LogP contribution in [0.3, 0.4) is 0 Å². The fourth-order valence-electron chi connectivity index (χ4n) is 0.297. The van der Waals surface area contributed by atoms with Crippen molar-refractivity contribution < 1.29 is 14.1 Å². The molecule has 0 saturated carbocycles. The quantitative estimate of drug-likeness (QED) is 0.384. The predicted molar refractivity (Wildman–Crippen MR) is 33.2 cm³/mol. The molecule has 1 N–H and O–H groups in total. The van der Waals surface area contributed by atoms with Crippen LogP contribution in [0.15, 0.2) is 5.11 Å². The van der Waals surface area contributed by atoms with Crippen LogP contribution in [0, 0.1) is 5.53 Å². The van der Waals surface area contributed by atoms with E-state index in [2.05, 4.69) is 9.85 Å². The average molecular weight is 162 g/mol. The van der Waals surface area contributed by atoms with E-state index in [1.807, 2.05) is 0 Å². The molecule has 0 aromatic rings. The van der Waals surface area contributed by atoms with Crippen LogP contribution in [0.1, 0.15) is 6.92 Å². The molecule has 0 rings (SSSR count). The van der Waals surface area contributed by atoms with Gasteiger partial charge in [0.15, 0.2) is 8.46 Å². The second kappa shape index (κ2) is 3.37. The van der Waals surface area contributed by atoms with Crippen LogP contribution in [-0.4, -0.2) is 18.4 Å². The maximum absolute atomic E-state index is 10.7. The largest absolute Gasteiger partial charge is 0.467 e. The first-order chi connectivity index (χ1) is 4.60. The van der Waals surface area contributed by atoms with Gasteiger partial charge < -0.3 is 4.74 Å². The van der Waals surface area contributed by atoms with Gasteiger partial charge >= 0.3 is 5.97 Å². The highest BCUT2D eigenvalue weighted by Gasteiger charge is 2.35. The standard InChI is InChI=1S/C4H7N2O3P/c1-4(6-5,10-8)3(7)9-2/h5H,1-2H3. The summed E-state index contributed by atoms with van der Waals surface area (Å²) in [6.45, 7) is 1.25. The molecule has 1 unspecified atom stereocenters. The fourth-order valence-corrected chi connectivity index (χ4v) is 0.503. The van der Waals surface area contributed by atoms with E-state index in [-0.39, 0.29) is 0 Å². The van der Waals surface area contributed by atoms with Gasteiger partial charge in [-0.2, -0.15) is 5.11 Å². The molecule has 0 saturated heterocycles. The van der Waals surface area contributed by atoms with E-state index in [9.17, 15) is 9.36 Å². The summed E-state index contributed by atoms with van der Waals surface area (Å²) in [6, 6.07) is 0. The van der Waals surface area contributed by atoms with Gasteiger partial charge in [-0.25, -0.2) is 10.3 Å². The van der Waals surface area contributed by atoms with Crippen LogP contribution in [0.25, 0.3) is 0 Å². The number of hydrogen-bond donors (Lipinski definition) is 1. The summed E-state index contributed by atoms with van der Waals surface area (Å²) >= 11 is 0. The molecule has 0 aliphatic carbocycles. The Morgan fingerprint density at radius 3 is 2.40 bits per heavy atom. The number of hydrogen-bond acceptors (Lipinski definition) is 5. The number of carbonyl (C=O) groups is 1. The minimum absolute atomic E-state index is 0.532. The van der Waals surface area contributed by atoms with Gasteiger partial charge in [-0.05, 0) is 6.92 Å². The van der Waals surface area contributed by atoms with Gasteiger partial charge in [0.2, 0.25) is 0 Å². The van der Waals surface area contributed by atoms with Crippen LogP contribution in [0.5, 0.6) is 0 Å². The molecule has 6 heteroatoms. The highest BCUT2D eigenvalue weighted by molar-refractivity contribution is 7.27. The molecule has 0 aliphatic rings. The molecular formula is C4H7N2O3P. The molecule has 0 amide bonds. The third-order valence-corrected chi connectivity index (χ3v) is 1.61. The summed E-state index contributed by atoms with van der Waals surface area (Å²) in [4.78, 5) is 10.7. The minimum atomic E-state index is -1.56. The summed E-state index contributed by atoms with van der Waals surface area (Å²) < 4.78 is 14.5. The lowest BCUT2D eigenvalue weighted by Crippen LogP contribution is -2.27. The Hall–Kier alpha value is -0.830. The Labute approximate surface area is 59.5 Å². The number of nitrogens with one attached hydrogen (secondary N) is 1. The number of esters is 1. The summed E-state index contributed by atoms with van der Waals surface area (Å²) in [5.41, 5.74) is 6.51. The smallest absolute Gasteiger partial charge is 0.347 e. The SMILES string of the molecule is COC(=O)C(C)(N=N)P=O. The van der Waals surface area contributed by atoms with Crippen LogP contribution < -0.4 is 0 Å². The molecular weight excluding hydrogens is 155 g/mol. The summed E-state index contributed by atoms with van der Waals surface area (Å²) in [5, 5.41) is 1.30. The van der Waals surface area contributed by atoms with Crippen molar-refractivity contribution in [3.63, 3.8) is 0 Å². The van der Waals surface area contributed by atoms with E-state index in [0.29, 0.717) is 0 Å². The lowest BCUT2D eigenvalue weighted by Gasteiger charge is -2.09. The average Bonchev–Trinajstić information content (AvgIpc) is 2.01. The highest BCUT2D eigenvalue weighted by Crippen LogP contribution is 2.24. The van der Waals surface area contributed by atoms with Gasteiger partial charge in [0.1, 0.15) is 0 Å². The van der Waals surface area contributed by atoms with Crippen molar-refractivity contribution in [2.75, 3.05) is 7.11 Å². The topological polar surface area (TPSA) is 79.6 Å². The van der Waals surface area contributed by atoms with Gasteiger partial charge in [-0.3, -0.25) is 4.57 Å². The van der Waals surface area contributed by atoms with E-state index in [4.69, 9.17) is 5.53 Å². The van der Waals surface area contributed by atoms with Crippen molar-refractivity contribution in [3.05, 3.63) is 0 Å². The molecule has 0 aliphatic heterocycles. The van der Waals surface area contributed by atoms with E-state index >= 15 is 0 Å². The lowest BCUT2D eigenvalue weighted by molar-refractivity contribution is -0.143. The zero-order chi connectivity index (χ0) is 8.20. The number of ether oxygens (including phenoxy) is 1. The maximum atomic E-state index is 10.7. The maximum Gasteiger partial charge on any atom is 0.347 e. The van der Waals surface area contributed by atoms with Crippen molar-refractivity contribution in [2.24, 2.45) is 5.11 Å². The number of rotatable bonds is 3. The van der Waals surface area contributed by atoms with E-state index in [1.165, 1.54) is 6.92 Å². The van der Waals surface area contributed by atoms with Crippen molar-refractivity contribution in [3.8, 4) is 0 Å². The summed E-state index contributed by atoms with van der Waals surface area (Å²) in [6.07, 6.45) is 0. The molecule has 56 valence electrons. The molecule has 0 spiro atoms. The Morgan fingerprint density at radius 2 is 2.30 bits per heavy atom. The molecule has 1 atom stereocenters. The first-order valence-electron chi connectivity index (χ1n) is 2.42. The van der Waals surface area contributed by atoms with Crippen LogP contribution in [0.2, 0.25) is 0 Å². The molecule has 0 aromatic carbocycles. The van der Waals surface area contributed by atoms with Crippen LogP contribution in [0.4, 0.5) is 0 Å². The third-order valence-electron chi connectivity index (χ3n) is 0.968. The minimum Gasteiger partial charge on any atom is -0.467 e. The number of methoxy groups -OCH3 is 1. The first-order valence-corrected chi connectivity index (χ1v) is 3.23. The molecule has 0 aromatic heterocycles. The van der Waals surface area contributed by atoms with E-state index in [0.717, 1.165) is 7.11 Å². The number of carbonyl (C=O) groups excluding carboxylic acids is 1. The second-order valence-corrected chi connectivity index (χ2v) is 2.77. The first kappa shape index (κ1) is 9.17. The van der Waals surface area contributed by atoms with Gasteiger partial charge in [0.25, 0.3) is 5.28 Å². The Morgan fingerprint density at radius 1 is 1.80 bits per heavy atom. The van der Waals surface area contributed by atoms with Crippen molar-refractivity contribution in [1.82, 2.24) is 0 Å². The lowest BCUT2D eigenvalue weighted by atomic mass is 10.4. The molecule has 0 fully saturated rings. The van der Waals surface area contributed by atoms with Crippen molar-refractivity contribution in [2.45, 2.75) is 12.2 Å². The van der Waals surface area contributed by atoms with E-state index < -0.39 is 19.7 Å². The normalized spacial score (nSPS) is 15.8. The molecule has 10 heavy (non-hydrogen) atoms. The zero-order valence-corrected chi connectivity index (χ0v) is 6.51. The monoisotopic (exact) mass is 162 g/mol. The fraction of sp³-hybridized carbons (Fsp3) is 0.750. The Balaban J connectivity index is 4.47. The molecule has 0 bridgehead atoms. The molecule has 0 heterocycles. The summed E-state index contributed by atoms with van der Waals surface area (Å²) in [5.74, 6) is -0.779. The van der Waals surface area contributed by atoms with Gasteiger partial charge in [-0.1, -0.05) is 0 Å². The zero-order valence-electron chi connectivity index (χ0n) is 5.62. The third kappa shape index (κ3) is 1.57. The van der Waals surface area contributed by atoms with E-state index in [1.54, 1.807) is 0 Å². The second-order valence-electron chi connectivity index (χ2n) is 1.72. The van der Waals surface area contributed by atoms with Crippen LogP contribution >= 0.6 is 8.46 Å². The van der Waals surface area contributed by atoms with Gasteiger partial charge in [0.05, 0.1) is 7.11 Å². The van der Waals surface area contributed by atoms with Gasteiger partial charge in [0, 0.05) is 0 Å². The Kier molecular flexibility index (Phi) is 3.09. The van der Waals surface area contributed by atoms with Crippen molar-refractivity contribution >= 4 is 14.4 Å².